The van der Waals surface area contributed by atoms with E-state index >= 15 is 0 Å². The summed E-state index contributed by atoms with van der Waals surface area (Å²) in [5.41, 5.74) is 11.3. The minimum atomic E-state index is -0.414. The van der Waals surface area contributed by atoms with E-state index in [2.05, 4.69) is 37.8 Å². The lowest BCUT2D eigenvalue weighted by molar-refractivity contribution is -0.117. The summed E-state index contributed by atoms with van der Waals surface area (Å²) in [5.74, 6) is 1.23. The number of ether oxygens (including phenoxy) is 1. The molecular formula is C17H31N5O2. The van der Waals surface area contributed by atoms with Crippen molar-refractivity contribution in [2.24, 2.45) is 11.5 Å². The van der Waals surface area contributed by atoms with Crippen molar-refractivity contribution in [1.82, 2.24) is 14.8 Å². The van der Waals surface area contributed by atoms with Crippen molar-refractivity contribution in [3.8, 4) is 0 Å². The molecule has 0 aromatic carbocycles. The lowest BCUT2D eigenvalue weighted by atomic mass is 9.83. The fraction of sp³-hybridized carbons (Fsp3) is 0.824. The summed E-state index contributed by atoms with van der Waals surface area (Å²) >= 11 is 0. The first-order chi connectivity index (χ1) is 11.2. The minimum absolute atomic E-state index is 0.0495. The summed E-state index contributed by atoms with van der Waals surface area (Å²) in [5, 5.41) is 4.54. The molecule has 2 rings (SSSR count). The molecule has 1 aromatic rings. The van der Waals surface area contributed by atoms with Gasteiger partial charge in [-0.3, -0.25) is 4.79 Å². The highest BCUT2D eigenvalue weighted by molar-refractivity contribution is 5.75. The Morgan fingerprint density at radius 2 is 2.08 bits per heavy atom. The summed E-state index contributed by atoms with van der Waals surface area (Å²) in [6.45, 7) is 9.07. The molecule has 1 aliphatic carbocycles. The van der Waals surface area contributed by atoms with E-state index in [4.69, 9.17) is 16.2 Å². The maximum Gasteiger partial charge on any atom is 0.225 e. The molecule has 1 amide bonds. The molecule has 7 nitrogen and oxygen atoms in total. The molecule has 0 saturated heterocycles. The lowest BCUT2D eigenvalue weighted by Gasteiger charge is -2.34. The zero-order valence-corrected chi connectivity index (χ0v) is 15.3. The molecule has 1 saturated carbocycles. The molecule has 24 heavy (non-hydrogen) atoms. The zero-order chi connectivity index (χ0) is 17.9. The first kappa shape index (κ1) is 18.9. The summed E-state index contributed by atoms with van der Waals surface area (Å²) in [6.07, 6.45) is 3.80. The van der Waals surface area contributed by atoms with Crippen LogP contribution in [0.2, 0.25) is 0 Å². The van der Waals surface area contributed by atoms with Gasteiger partial charge in [-0.15, -0.1) is 0 Å². The highest BCUT2D eigenvalue weighted by atomic mass is 16.5. The van der Waals surface area contributed by atoms with Crippen molar-refractivity contribution in [2.45, 2.75) is 83.4 Å². The van der Waals surface area contributed by atoms with Crippen LogP contribution in [-0.2, 0) is 21.5 Å². The summed E-state index contributed by atoms with van der Waals surface area (Å²) in [4.78, 5) is 15.9. The van der Waals surface area contributed by atoms with Gasteiger partial charge in [0.15, 0.2) is 5.82 Å². The van der Waals surface area contributed by atoms with Crippen molar-refractivity contribution < 1.29 is 9.53 Å². The van der Waals surface area contributed by atoms with Crippen LogP contribution in [0.5, 0.6) is 0 Å². The highest BCUT2D eigenvalue weighted by Crippen LogP contribution is 2.34. The Hall–Kier alpha value is -1.47. The number of rotatable bonds is 6. The van der Waals surface area contributed by atoms with Crippen molar-refractivity contribution in [1.29, 1.82) is 0 Å². The summed E-state index contributed by atoms with van der Waals surface area (Å²) in [7, 11) is 0. The van der Waals surface area contributed by atoms with Gasteiger partial charge in [-0.05, 0) is 46.5 Å². The Labute approximate surface area is 144 Å². The molecule has 4 N–H and O–H groups in total. The molecular weight excluding hydrogens is 306 g/mol. The average molecular weight is 337 g/mol. The first-order valence-electron chi connectivity index (χ1n) is 8.84. The smallest absolute Gasteiger partial charge is 0.225 e. The first-order valence-corrected chi connectivity index (χ1v) is 8.84. The lowest BCUT2D eigenvalue weighted by Crippen LogP contribution is -2.42. The van der Waals surface area contributed by atoms with Crippen LogP contribution >= 0.6 is 0 Å². The van der Waals surface area contributed by atoms with Crippen molar-refractivity contribution in [2.75, 3.05) is 6.61 Å². The van der Waals surface area contributed by atoms with Crippen molar-refractivity contribution in [3.05, 3.63) is 11.6 Å². The largest absolute Gasteiger partial charge is 0.377 e. The van der Waals surface area contributed by atoms with Crippen molar-refractivity contribution >= 4 is 5.91 Å². The third kappa shape index (κ3) is 4.54. The predicted molar refractivity (Wildman–Crippen MR) is 92.5 cm³/mol. The molecule has 136 valence electrons. The molecule has 1 heterocycles. The molecule has 1 fully saturated rings. The van der Waals surface area contributed by atoms with Gasteiger partial charge in [0.1, 0.15) is 5.82 Å². The van der Waals surface area contributed by atoms with E-state index in [-0.39, 0.29) is 30.0 Å². The number of hydrogen-bond donors (Lipinski definition) is 2. The van der Waals surface area contributed by atoms with Crippen LogP contribution < -0.4 is 11.5 Å². The number of nitrogens with zero attached hydrogens (tertiary/aromatic N) is 3. The van der Waals surface area contributed by atoms with Crippen LogP contribution in [0.25, 0.3) is 0 Å². The van der Waals surface area contributed by atoms with Gasteiger partial charge in [0.25, 0.3) is 0 Å². The Bertz CT molecular complexity index is 564. The Morgan fingerprint density at radius 1 is 1.38 bits per heavy atom. The molecule has 0 bridgehead atoms. The van der Waals surface area contributed by atoms with Gasteiger partial charge in [-0.1, -0.05) is 6.92 Å². The van der Waals surface area contributed by atoms with Crippen LogP contribution in [-0.4, -0.2) is 39.4 Å². The summed E-state index contributed by atoms with van der Waals surface area (Å²) in [6, 6.07) is 0.0731. The Balaban J connectivity index is 2.25. The van der Waals surface area contributed by atoms with Gasteiger partial charge in [-0.2, -0.15) is 5.10 Å². The molecule has 7 heteroatoms. The van der Waals surface area contributed by atoms with Gasteiger partial charge >= 0.3 is 0 Å². The molecule has 3 atom stereocenters. The minimum Gasteiger partial charge on any atom is -0.377 e. The van der Waals surface area contributed by atoms with Gasteiger partial charge in [0.05, 0.1) is 18.1 Å². The van der Waals surface area contributed by atoms with E-state index in [9.17, 15) is 4.79 Å². The van der Waals surface area contributed by atoms with Crippen LogP contribution in [0, 0.1) is 0 Å². The number of aromatic nitrogens is 3. The topological polar surface area (TPSA) is 109 Å². The Kier molecular flexibility index (Phi) is 5.98. The fourth-order valence-corrected chi connectivity index (χ4v) is 3.21. The SMILES string of the molecule is CCCO[C@@H]1C[C@@H](c2nc(CC(N)=O)nn2C(C)(C)C)CC[C@H]1N. The van der Waals surface area contributed by atoms with Crippen LogP contribution in [0.4, 0.5) is 0 Å². The van der Waals surface area contributed by atoms with Gasteiger partial charge in [-0.25, -0.2) is 9.67 Å². The standard InChI is InChI=1S/C17H31N5O2/c1-5-8-24-13-9-11(6-7-12(13)18)16-20-15(10-14(19)23)21-22(16)17(2,3)4/h11-13H,5-10,18H2,1-4H3,(H2,19,23)/t11-,12+,13+/m0/s1. The third-order valence-electron chi connectivity index (χ3n) is 4.39. The number of nitrogens with two attached hydrogens (primary N) is 2. The van der Waals surface area contributed by atoms with E-state index in [0.29, 0.717) is 5.82 Å². The molecule has 0 unspecified atom stereocenters. The second-order valence-electron chi connectivity index (χ2n) is 7.70. The zero-order valence-electron chi connectivity index (χ0n) is 15.3. The maximum absolute atomic E-state index is 11.2. The third-order valence-corrected chi connectivity index (χ3v) is 4.39. The summed E-state index contributed by atoms with van der Waals surface area (Å²) < 4.78 is 7.87. The van der Waals surface area contributed by atoms with Crippen LogP contribution in [0.3, 0.4) is 0 Å². The average Bonchev–Trinajstić information content (AvgIpc) is 2.89. The molecule has 0 spiro atoms. The van der Waals surface area contributed by atoms with Gasteiger partial charge in [0.2, 0.25) is 5.91 Å². The van der Waals surface area contributed by atoms with E-state index < -0.39 is 5.91 Å². The molecule has 0 radical (unpaired) electrons. The van der Waals surface area contributed by atoms with Gasteiger partial charge in [0, 0.05) is 18.6 Å². The number of carbonyl (C=O) groups is 1. The number of primary amides is 1. The van der Waals surface area contributed by atoms with Crippen molar-refractivity contribution in [3.63, 3.8) is 0 Å². The van der Waals surface area contributed by atoms with E-state index in [1.807, 2.05) is 4.68 Å². The maximum atomic E-state index is 11.2. The molecule has 1 aromatic heterocycles. The van der Waals surface area contributed by atoms with Crippen LogP contribution in [0.1, 0.15) is 70.9 Å². The van der Waals surface area contributed by atoms with E-state index in [1.165, 1.54) is 0 Å². The fourth-order valence-electron chi connectivity index (χ4n) is 3.21. The predicted octanol–water partition coefficient (Wildman–Crippen LogP) is 1.45. The van der Waals surface area contributed by atoms with Gasteiger partial charge < -0.3 is 16.2 Å². The monoisotopic (exact) mass is 337 g/mol. The van der Waals surface area contributed by atoms with E-state index in [0.717, 1.165) is 38.1 Å². The normalized spacial score (nSPS) is 25.0. The number of hydrogen-bond acceptors (Lipinski definition) is 5. The van der Waals surface area contributed by atoms with Crippen LogP contribution in [0.15, 0.2) is 0 Å². The Morgan fingerprint density at radius 3 is 2.67 bits per heavy atom. The molecule has 0 aliphatic heterocycles. The van der Waals surface area contributed by atoms with E-state index in [1.54, 1.807) is 0 Å². The number of carbonyl (C=O) groups excluding carboxylic acids is 1. The number of amides is 1. The quantitative estimate of drug-likeness (QED) is 0.816. The second kappa shape index (κ2) is 7.61. The second-order valence-corrected chi connectivity index (χ2v) is 7.70. The molecule has 1 aliphatic rings. The highest BCUT2D eigenvalue weighted by Gasteiger charge is 2.34.